The Bertz CT molecular complexity index is 119. The minimum Gasteiger partial charge on any atom is -0.327 e. The summed E-state index contributed by atoms with van der Waals surface area (Å²) in [4.78, 5) is 0. The van der Waals surface area contributed by atoms with E-state index in [1.54, 1.807) is 0 Å². The van der Waals surface area contributed by atoms with Gasteiger partial charge in [-0.15, -0.1) is 0 Å². The maximum Gasteiger partial charge on any atom is 0.0869 e. The molecular weight excluding hydrogens is 178 g/mol. The van der Waals surface area contributed by atoms with Gasteiger partial charge in [-0.3, -0.25) is 0 Å². The second-order valence-corrected chi connectivity index (χ2v) is 18.9. The molecule has 0 saturated heterocycles. The summed E-state index contributed by atoms with van der Waals surface area (Å²) >= 11 is 0. The highest BCUT2D eigenvalue weighted by Crippen LogP contribution is 2.08. The SMILES string of the molecule is CC(C)N([SiH2][Si](C)(C)C)C(C)C. The van der Waals surface area contributed by atoms with Gasteiger partial charge in [0.25, 0.3) is 0 Å². The maximum atomic E-state index is 2.74. The molecule has 0 rings (SSSR count). The lowest BCUT2D eigenvalue weighted by atomic mass is 10.3. The highest BCUT2D eigenvalue weighted by Gasteiger charge is 2.22. The number of hydrogen-bond donors (Lipinski definition) is 0. The van der Waals surface area contributed by atoms with E-state index < -0.39 is 7.59 Å². The van der Waals surface area contributed by atoms with Gasteiger partial charge in [0, 0.05) is 7.59 Å². The third-order valence-electron chi connectivity index (χ3n) is 1.98. The quantitative estimate of drug-likeness (QED) is 0.632. The fraction of sp³-hybridized carbons (Fsp3) is 1.00. The van der Waals surface area contributed by atoms with Crippen LogP contribution in [0.3, 0.4) is 0 Å². The first-order valence-corrected chi connectivity index (χ1v) is 11.5. The molecule has 0 aromatic heterocycles. The first kappa shape index (κ1) is 12.4. The molecule has 0 fully saturated rings. The molecule has 0 unspecified atom stereocenters. The molecule has 0 aliphatic heterocycles. The standard InChI is InChI=1S/C9H25NSi2/c1-8(2)10(9(3)4)11-12(5,6)7/h8-9H,11H2,1-7H3. The monoisotopic (exact) mass is 203 g/mol. The molecule has 0 N–H and O–H groups in total. The summed E-state index contributed by atoms with van der Waals surface area (Å²) in [7, 11) is -0.740. The smallest absolute Gasteiger partial charge is 0.0869 e. The molecule has 0 saturated carbocycles. The average molecular weight is 203 g/mol. The van der Waals surface area contributed by atoms with Crippen LogP contribution in [0, 0.1) is 0 Å². The summed E-state index contributed by atoms with van der Waals surface area (Å²) in [6, 6.07) is 1.51. The van der Waals surface area contributed by atoms with E-state index in [9.17, 15) is 0 Å². The van der Waals surface area contributed by atoms with E-state index in [0.29, 0.717) is 0 Å². The molecular formula is C9H25NSi2. The van der Waals surface area contributed by atoms with Crippen LogP contribution in [0.4, 0.5) is 0 Å². The van der Waals surface area contributed by atoms with Crippen LogP contribution in [-0.2, 0) is 0 Å². The molecule has 0 aliphatic carbocycles. The van der Waals surface area contributed by atoms with Crippen LogP contribution < -0.4 is 0 Å². The number of nitrogens with zero attached hydrogens (tertiary/aromatic N) is 1. The Hall–Kier alpha value is 0.394. The zero-order valence-electron chi connectivity index (χ0n) is 9.81. The molecule has 0 aliphatic rings. The van der Waals surface area contributed by atoms with Crippen molar-refractivity contribution in [2.24, 2.45) is 0 Å². The molecule has 0 atom stereocenters. The zero-order valence-corrected chi connectivity index (χ0v) is 12.2. The molecule has 1 nitrogen and oxygen atoms in total. The number of rotatable bonds is 4. The van der Waals surface area contributed by atoms with Gasteiger partial charge in [-0.2, -0.15) is 0 Å². The number of hydrogen-bond acceptors (Lipinski definition) is 1. The van der Waals surface area contributed by atoms with Gasteiger partial charge in [-0.05, 0) is 12.1 Å². The Morgan fingerprint density at radius 3 is 1.33 bits per heavy atom. The fourth-order valence-electron chi connectivity index (χ4n) is 1.51. The highest BCUT2D eigenvalue weighted by molar-refractivity contribution is 7.22. The van der Waals surface area contributed by atoms with E-state index in [-0.39, 0.29) is 9.20 Å². The Balaban J connectivity index is 4.15. The van der Waals surface area contributed by atoms with Gasteiger partial charge < -0.3 is 4.57 Å². The molecule has 0 amide bonds. The third kappa shape index (κ3) is 5.11. The molecule has 0 aromatic carbocycles. The van der Waals surface area contributed by atoms with Crippen molar-refractivity contribution >= 4 is 16.8 Å². The summed E-state index contributed by atoms with van der Waals surface area (Å²) in [5, 5.41) is 0. The second kappa shape index (κ2) is 4.58. The van der Waals surface area contributed by atoms with Crippen LogP contribution in [0.25, 0.3) is 0 Å². The summed E-state index contributed by atoms with van der Waals surface area (Å²) < 4.78 is 2.74. The summed E-state index contributed by atoms with van der Waals surface area (Å²) in [5.41, 5.74) is 0. The van der Waals surface area contributed by atoms with Crippen molar-refractivity contribution in [2.75, 3.05) is 0 Å². The predicted molar refractivity (Wildman–Crippen MR) is 64.0 cm³/mol. The van der Waals surface area contributed by atoms with E-state index in [0.717, 1.165) is 12.1 Å². The average Bonchev–Trinajstić information content (AvgIpc) is 1.79. The third-order valence-corrected chi connectivity index (χ3v) is 8.70. The Labute approximate surface area is 81.2 Å². The molecule has 74 valence electrons. The van der Waals surface area contributed by atoms with Crippen molar-refractivity contribution in [3.63, 3.8) is 0 Å². The normalized spacial score (nSPS) is 14.5. The Kier molecular flexibility index (Phi) is 4.73. The molecule has 3 heteroatoms. The van der Waals surface area contributed by atoms with Gasteiger partial charge in [0.05, 0.1) is 9.20 Å². The van der Waals surface area contributed by atoms with Gasteiger partial charge in [0.15, 0.2) is 0 Å². The molecule has 0 aromatic rings. The van der Waals surface area contributed by atoms with Crippen molar-refractivity contribution in [3.05, 3.63) is 0 Å². The van der Waals surface area contributed by atoms with E-state index in [1.807, 2.05) is 0 Å². The molecule has 0 heterocycles. The first-order valence-electron chi connectivity index (χ1n) is 5.00. The lowest BCUT2D eigenvalue weighted by Crippen LogP contribution is -2.50. The van der Waals surface area contributed by atoms with Crippen molar-refractivity contribution in [1.29, 1.82) is 0 Å². The van der Waals surface area contributed by atoms with Crippen molar-refractivity contribution in [1.82, 2.24) is 4.57 Å². The van der Waals surface area contributed by atoms with Crippen LogP contribution in [0.2, 0.25) is 19.6 Å². The Morgan fingerprint density at radius 1 is 0.917 bits per heavy atom. The van der Waals surface area contributed by atoms with Gasteiger partial charge in [0.2, 0.25) is 0 Å². The Morgan fingerprint density at radius 2 is 1.25 bits per heavy atom. The lowest BCUT2D eigenvalue weighted by molar-refractivity contribution is 0.316. The predicted octanol–water partition coefficient (Wildman–Crippen LogP) is 2.02. The zero-order chi connectivity index (χ0) is 9.94. The topological polar surface area (TPSA) is 3.24 Å². The summed E-state index contributed by atoms with van der Waals surface area (Å²) in [6.45, 7) is 16.8. The van der Waals surface area contributed by atoms with Crippen molar-refractivity contribution in [2.45, 2.75) is 59.4 Å². The van der Waals surface area contributed by atoms with Crippen LogP contribution in [0.15, 0.2) is 0 Å². The van der Waals surface area contributed by atoms with Crippen LogP contribution in [0.1, 0.15) is 27.7 Å². The van der Waals surface area contributed by atoms with Crippen LogP contribution in [-0.4, -0.2) is 33.4 Å². The first-order chi connectivity index (χ1) is 5.24. The van der Waals surface area contributed by atoms with Crippen molar-refractivity contribution in [3.8, 4) is 0 Å². The second-order valence-electron chi connectivity index (χ2n) is 5.42. The summed E-state index contributed by atoms with van der Waals surface area (Å²) in [6.07, 6.45) is 0. The van der Waals surface area contributed by atoms with Crippen LogP contribution >= 0.6 is 0 Å². The highest BCUT2D eigenvalue weighted by atomic mass is 29.2. The van der Waals surface area contributed by atoms with E-state index in [4.69, 9.17) is 0 Å². The lowest BCUT2D eigenvalue weighted by Gasteiger charge is -2.35. The van der Waals surface area contributed by atoms with Gasteiger partial charge in [-0.1, -0.05) is 47.3 Å². The minimum atomic E-state index is -0.781. The fourth-order valence-corrected chi connectivity index (χ4v) is 8.81. The van der Waals surface area contributed by atoms with E-state index in [1.165, 1.54) is 0 Å². The molecule has 0 bridgehead atoms. The van der Waals surface area contributed by atoms with Gasteiger partial charge in [-0.25, -0.2) is 0 Å². The van der Waals surface area contributed by atoms with Gasteiger partial charge >= 0.3 is 0 Å². The largest absolute Gasteiger partial charge is 0.327 e. The molecule has 0 spiro atoms. The van der Waals surface area contributed by atoms with E-state index >= 15 is 0 Å². The molecule has 12 heavy (non-hydrogen) atoms. The van der Waals surface area contributed by atoms with Crippen molar-refractivity contribution < 1.29 is 0 Å². The summed E-state index contributed by atoms with van der Waals surface area (Å²) in [5.74, 6) is 0. The van der Waals surface area contributed by atoms with Crippen LogP contribution in [0.5, 0.6) is 0 Å². The molecule has 0 radical (unpaired) electrons. The van der Waals surface area contributed by atoms with E-state index in [2.05, 4.69) is 51.9 Å². The minimum absolute atomic E-state index is 0.0409. The maximum absolute atomic E-state index is 2.74. The van der Waals surface area contributed by atoms with Gasteiger partial charge in [0.1, 0.15) is 0 Å².